The van der Waals surface area contributed by atoms with E-state index >= 15 is 0 Å². The summed E-state index contributed by atoms with van der Waals surface area (Å²) in [6.45, 7) is 14.9. The molecular weight excluding hydrogens is 360 g/mol. The van der Waals surface area contributed by atoms with Crippen molar-refractivity contribution in [2.24, 2.45) is 0 Å². The van der Waals surface area contributed by atoms with Crippen molar-refractivity contribution in [3.05, 3.63) is 12.7 Å². The molecule has 0 N–H and O–H groups in total. The van der Waals surface area contributed by atoms with Gasteiger partial charge in [-0.25, -0.2) is 0 Å². The maximum atomic E-state index is 3.60. The summed E-state index contributed by atoms with van der Waals surface area (Å²) in [5.74, 6) is 0. The van der Waals surface area contributed by atoms with Crippen molar-refractivity contribution >= 4 is 0 Å². The molecule has 0 bridgehead atoms. The van der Waals surface area contributed by atoms with Crippen molar-refractivity contribution in [1.82, 2.24) is 0 Å². The topological polar surface area (TPSA) is 0 Å². The van der Waals surface area contributed by atoms with Gasteiger partial charge in [0.1, 0.15) is 0 Å². The average molecular weight is 425 g/mol. The molecule has 0 fully saturated rings. The van der Waals surface area contributed by atoms with Gasteiger partial charge in [0.05, 0.1) is 0 Å². The minimum Gasteiger partial charge on any atom is -0.103 e. The van der Waals surface area contributed by atoms with Gasteiger partial charge in [-0.1, -0.05) is 182 Å². The third-order valence-electron chi connectivity index (χ3n) is 5.68. The van der Waals surface area contributed by atoms with Crippen LogP contribution >= 0.6 is 0 Å². The standard InChI is InChI=1S/C14H30.C10H22.C6H12/c1-3-5-7-9-11-13-14-12-10-8-6-4-2;1-3-5-7-9-10-8-6-4-2;1-3-5-6-4-2/h3-14H2,1-2H3;3-10H2,1-2H3;3H,1,4-6H2,2H3. The zero-order valence-electron chi connectivity index (χ0n) is 22.5. The molecule has 0 aliphatic heterocycles. The van der Waals surface area contributed by atoms with Gasteiger partial charge in [0.2, 0.25) is 0 Å². The molecule has 0 aromatic carbocycles. The first-order valence-electron chi connectivity index (χ1n) is 14.4. The lowest BCUT2D eigenvalue weighted by Gasteiger charge is -2.01. The molecule has 0 amide bonds. The lowest BCUT2D eigenvalue weighted by Crippen LogP contribution is -1.81. The van der Waals surface area contributed by atoms with Crippen LogP contribution in [-0.4, -0.2) is 0 Å². The number of allylic oxidation sites excluding steroid dienone is 1. The van der Waals surface area contributed by atoms with Gasteiger partial charge in [0.15, 0.2) is 0 Å². The number of hydrogen-bond acceptors (Lipinski definition) is 0. The van der Waals surface area contributed by atoms with Crippen LogP contribution in [-0.2, 0) is 0 Å². The summed E-state index contributed by atoms with van der Waals surface area (Å²) in [7, 11) is 0. The molecular formula is C30H64. The fraction of sp³-hybridized carbons (Fsp3) is 0.933. The first-order chi connectivity index (χ1) is 14.7. The monoisotopic (exact) mass is 425 g/mol. The highest BCUT2D eigenvalue weighted by Gasteiger charge is 1.91. The predicted molar refractivity (Wildman–Crippen MR) is 145 cm³/mol. The Morgan fingerprint density at radius 3 is 0.667 bits per heavy atom. The Hall–Kier alpha value is -0.260. The van der Waals surface area contributed by atoms with E-state index in [0.29, 0.717) is 0 Å². The molecule has 0 radical (unpaired) electrons. The van der Waals surface area contributed by atoms with Gasteiger partial charge in [-0.05, 0) is 6.42 Å². The minimum absolute atomic E-state index is 1.18. The van der Waals surface area contributed by atoms with E-state index in [-0.39, 0.29) is 0 Å². The Labute approximate surface area is 195 Å². The highest BCUT2D eigenvalue weighted by atomic mass is 14.0. The van der Waals surface area contributed by atoms with Crippen molar-refractivity contribution in [3.8, 4) is 0 Å². The fourth-order valence-corrected chi connectivity index (χ4v) is 3.47. The zero-order chi connectivity index (χ0) is 23.0. The Morgan fingerprint density at radius 1 is 0.333 bits per heavy atom. The summed E-state index contributed by atoms with van der Waals surface area (Å²) in [5, 5.41) is 0. The van der Waals surface area contributed by atoms with Crippen molar-refractivity contribution in [2.75, 3.05) is 0 Å². The quantitative estimate of drug-likeness (QED) is 0.127. The second-order valence-corrected chi connectivity index (χ2v) is 9.09. The molecule has 0 aliphatic carbocycles. The molecule has 0 spiro atoms. The first kappa shape index (κ1) is 34.4. The number of hydrogen-bond donors (Lipinski definition) is 0. The highest BCUT2D eigenvalue weighted by molar-refractivity contribution is 4.64. The van der Waals surface area contributed by atoms with Crippen LogP contribution in [0.3, 0.4) is 0 Å². The molecule has 0 unspecified atom stereocenters. The van der Waals surface area contributed by atoms with Crippen LogP contribution in [0.5, 0.6) is 0 Å². The normalized spacial score (nSPS) is 10.0. The molecule has 0 saturated carbocycles. The Kier molecular flexibility index (Phi) is 44.9. The Balaban J connectivity index is -0.000000397. The van der Waals surface area contributed by atoms with Gasteiger partial charge in [0, 0.05) is 0 Å². The van der Waals surface area contributed by atoms with E-state index in [0.717, 1.165) is 0 Å². The zero-order valence-corrected chi connectivity index (χ0v) is 22.5. The van der Waals surface area contributed by atoms with Crippen LogP contribution in [0.2, 0.25) is 0 Å². The van der Waals surface area contributed by atoms with E-state index in [1.165, 1.54) is 148 Å². The summed E-state index contributed by atoms with van der Waals surface area (Å²) in [6.07, 6.45) is 34.6. The molecule has 0 saturated heterocycles. The summed E-state index contributed by atoms with van der Waals surface area (Å²) < 4.78 is 0. The maximum absolute atomic E-state index is 3.60. The largest absolute Gasteiger partial charge is 0.103 e. The number of unbranched alkanes of at least 4 members (excludes halogenated alkanes) is 20. The van der Waals surface area contributed by atoms with Gasteiger partial charge in [-0.3, -0.25) is 0 Å². The molecule has 0 atom stereocenters. The summed E-state index contributed by atoms with van der Waals surface area (Å²) in [4.78, 5) is 0. The molecule has 0 heteroatoms. The van der Waals surface area contributed by atoms with Gasteiger partial charge in [-0.15, -0.1) is 6.58 Å². The molecule has 0 heterocycles. The highest BCUT2D eigenvalue weighted by Crippen LogP contribution is 2.11. The van der Waals surface area contributed by atoms with Crippen molar-refractivity contribution < 1.29 is 0 Å². The third kappa shape index (κ3) is 46.1. The Bertz CT molecular complexity index is 222. The van der Waals surface area contributed by atoms with E-state index in [4.69, 9.17) is 0 Å². The summed E-state index contributed by atoms with van der Waals surface area (Å²) >= 11 is 0. The molecule has 0 nitrogen and oxygen atoms in total. The van der Waals surface area contributed by atoms with E-state index in [1.807, 2.05) is 6.08 Å². The van der Waals surface area contributed by atoms with E-state index < -0.39 is 0 Å². The molecule has 0 rings (SSSR count). The van der Waals surface area contributed by atoms with Gasteiger partial charge in [-0.2, -0.15) is 0 Å². The predicted octanol–water partition coefficient (Wildman–Crippen LogP) is 12.2. The lowest BCUT2D eigenvalue weighted by atomic mass is 10.1. The van der Waals surface area contributed by atoms with Gasteiger partial charge in [0.25, 0.3) is 0 Å². The first-order valence-corrected chi connectivity index (χ1v) is 14.4. The van der Waals surface area contributed by atoms with Crippen LogP contribution < -0.4 is 0 Å². The van der Waals surface area contributed by atoms with Crippen LogP contribution in [0.4, 0.5) is 0 Å². The van der Waals surface area contributed by atoms with Gasteiger partial charge < -0.3 is 0 Å². The van der Waals surface area contributed by atoms with Crippen LogP contribution in [0.25, 0.3) is 0 Å². The smallest absolute Gasteiger partial charge is 0.0354 e. The van der Waals surface area contributed by atoms with Crippen LogP contribution in [0.15, 0.2) is 12.7 Å². The third-order valence-corrected chi connectivity index (χ3v) is 5.68. The molecule has 0 aromatic rings. The van der Waals surface area contributed by atoms with Crippen molar-refractivity contribution in [1.29, 1.82) is 0 Å². The SMILES string of the molecule is C=CCCCC.CCCCCCCCCC.CCCCCCCCCCCCCC. The van der Waals surface area contributed by atoms with Crippen LogP contribution in [0, 0.1) is 0 Å². The maximum Gasteiger partial charge on any atom is -0.0354 e. The second kappa shape index (κ2) is 39.2. The van der Waals surface area contributed by atoms with Gasteiger partial charge >= 0.3 is 0 Å². The van der Waals surface area contributed by atoms with Crippen molar-refractivity contribution in [3.63, 3.8) is 0 Å². The van der Waals surface area contributed by atoms with E-state index in [1.54, 1.807) is 0 Å². The molecule has 0 aromatic heterocycles. The van der Waals surface area contributed by atoms with Crippen LogP contribution in [0.1, 0.15) is 182 Å². The number of rotatable bonds is 21. The molecule has 30 heavy (non-hydrogen) atoms. The summed E-state index contributed by atoms with van der Waals surface area (Å²) in [6, 6.07) is 0. The Morgan fingerprint density at radius 2 is 0.533 bits per heavy atom. The molecule has 0 aliphatic rings. The summed E-state index contributed by atoms with van der Waals surface area (Å²) in [5.41, 5.74) is 0. The molecule has 184 valence electrons. The van der Waals surface area contributed by atoms with E-state index in [2.05, 4.69) is 41.2 Å². The fourth-order valence-electron chi connectivity index (χ4n) is 3.47. The van der Waals surface area contributed by atoms with E-state index in [9.17, 15) is 0 Å². The second-order valence-electron chi connectivity index (χ2n) is 9.09. The average Bonchev–Trinajstić information content (AvgIpc) is 2.77. The minimum atomic E-state index is 1.18. The lowest BCUT2D eigenvalue weighted by molar-refractivity contribution is 0.548. The van der Waals surface area contributed by atoms with Crippen molar-refractivity contribution in [2.45, 2.75) is 182 Å².